The summed E-state index contributed by atoms with van der Waals surface area (Å²) < 4.78 is 4.27. The minimum absolute atomic E-state index is 0.0803. The van der Waals surface area contributed by atoms with Gasteiger partial charge in [0.15, 0.2) is 5.82 Å². The van der Waals surface area contributed by atoms with E-state index < -0.39 is 5.41 Å². The molecule has 1 aliphatic heterocycles. The molecule has 98 valence electrons. The van der Waals surface area contributed by atoms with E-state index in [0.29, 0.717) is 17.6 Å². The van der Waals surface area contributed by atoms with E-state index in [1.165, 1.54) is 16.6 Å². The van der Waals surface area contributed by atoms with Crippen molar-refractivity contribution in [1.82, 2.24) is 9.36 Å². The van der Waals surface area contributed by atoms with E-state index in [1.807, 2.05) is 44.2 Å². The number of benzene rings is 1. The van der Waals surface area contributed by atoms with Crippen molar-refractivity contribution in [2.45, 2.75) is 13.8 Å². The van der Waals surface area contributed by atoms with Crippen molar-refractivity contribution in [3.05, 3.63) is 30.3 Å². The zero-order valence-corrected chi connectivity index (χ0v) is 11.5. The minimum atomic E-state index is -0.501. The number of hydroxylamine groups is 1. The van der Waals surface area contributed by atoms with Crippen molar-refractivity contribution in [2.75, 3.05) is 11.7 Å². The first-order valence-corrected chi connectivity index (χ1v) is 6.72. The van der Waals surface area contributed by atoms with Gasteiger partial charge in [-0.25, -0.2) is 0 Å². The highest BCUT2D eigenvalue weighted by Crippen LogP contribution is 2.33. The van der Waals surface area contributed by atoms with E-state index in [1.54, 1.807) is 0 Å². The van der Waals surface area contributed by atoms with Crippen LogP contribution in [-0.4, -0.2) is 21.9 Å². The molecule has 5 nitrogen and oxygen atoms in total. The Labute approximate surface area is 115 Å². The van der Waals surface area contributed by atoms with Crippen LogP contribution in [0.25, 0.3) is 11.4 Å². The van der Waals surface area contributed by atoms with Crippen molar-refractivity contribution in [3.8, 4) is 11.4 Å². The molecule has 2 heterocycles. The first-order valence-electron chi connectivity index (χ1n) is 5.94. The molecule has 1 fully saturated rings. The van der Waals surface area contributed by atoms with Crippen LogP contribution in [0.4, 0.5) is 5.13 Å². The summed E-state index contributed by atoms with van der Waals surface area (Å²) in [6.07, 6.45) is 0. The third-order valence-corrected chi connectivity index (χ3v) is 3.62. The molecule has 1 aromatic carbocycles. The molecular weight excluding hydrogens is 262 g/mol. The van der Waals surface area contributed by atoms with Gasteiger partial charge < -0.3 is 0 Å². The van der Waals surface area contributed by atoms with Crippen LogP contribution in [0.15, 0.2) is 30.3 Å². The Morgan fingerprint density at radius 3 is 2.68 bits per heavy atom. The maximum atomic E-state index is 12.1. The van der Waals surface area contributed by atoms with Crippen molar-refractivity contribution in [3.63, 3.8) is 0 Å². The molecular formula is C13H13N3O2S. The highest BCUT2D eigenvalue weighted by molar-refractivity contribution is 7.10. The van der Waals surface area contributed by atoms with E-state index in [2.05, 4.69) is 9.36 Å². The van der Waals surface area contributed by atoms with Crippen LogP contribution in [-0.2, 0) is 9.63 Å². The summed E-state index contributed by atoms with van der Waals surface area (Å²) in [6.45, 7) is 4.08. The van der Waals surface area contributed by atoms with Crippen LogP contribution in [0.1, 0.15) is 13.8 Å². The predicted octanol–water partition coefficient (Wildman–Crippen LogP) is 2.51. The fourth-order valence-corrected chi connectivity index (χ4v) is 2.42. The average molecular weight is 275 g/mol. The van der Waals surface area contributed by atoms with Gasteiger partial charge in [0.05, 0.1) is 12.0 Å². The lowest BCUT2D eigenvalue weighted by Gasteiger charge is -2.12. The third-order valence-electron chi connectivity index (χ3n) is 2.94. The molecule has 19 heavy (non-hydrogen) atoms. The second-order valence-electron chi connectivity index (χ2n) is 5.02. The fraction of sp³-hybridized carbons (Fsp3) is 0.308. The van der Waals surface area contributed by atoms with Gasteiger partial charge in [0, 0.05) is 17.1 Å². The molecule has 0 unspecified atom stereocenters. The number of rotatable bonds is 2. The second kappa shape index (κ2) is 4.40. The van der Waals surface area contributed by atoms with Gasteiger partial charge in [-0.2, -0.15) is 14.4 Å². The molecule has 0 aliphatic carbocycles. The monoisotopic (exact) mass is 275 g/mol. The smallest absolute Gasteiger partial charge is 0.261 e. The van der Waals surface area contributed by atoms with Gasteiger partial charge in [0.25, 0.3) is 5.91 Å². The number of aromatic nitrogens is 2. The highest BCUT2D eigenvalue weighted by Gasteiger charge is 2.42. The lowest BCUT2D eigenvalue weighted by molar-refractivity contribution is -0.124. The molecule has 1 aromatic heterocycles. The molecule has 1 aliphatic rings. The van der Waals surface area contributed by atoms with E-state index in [4.69, 9.17) is 4.84 Å². The number of anilines is 1. The Bertz CT molecular complexity index is 609. The standard InChI is InChI=1S/C13H13N3O2S/c1-13(2)8-18-16(11(13)17)12-14-10(15-19-12)9-6-4-3-5-7-9/h3-7H,8H2,1-2H3. The number of amides is 1. The quantitative estimate of drug-likeness (QED) is 0.845. The van der Waals surface area contributed by atoms with Crippen LogP contribution >= 0.6 is 11.5 Å². The average Bonchev–Trinajstić information content (AvgIpc) is 2.98. The number of carbonyl (C=O) groups is 1. The Hall–Kier alpha value is -1.79. The SMILES string of the molecule is CC1(C)CON(c2nc(-c3ccccc3)ns2)C1=O. The first kappa shape index (κ1) is 12.3. The Kier molecular flexibility index (Phi) is 2.83. The van der Waals surface area contributed by atoms with Crippen molar-refractivity contribution in [2.24, 2.45) is 5.41 Å². The Morgan fingerprint density at radius 1 is 1.32 bits per heavy atom. The number of hydrogen-bond donors (Lipinski definition) is 0. The van der Waals surface area contributed by atoms with Gasteiger partial charge in [-0.3, -0.25) is 9.63 Å². The van der Waals surface area contributed by atoms with Crippen molar-refractivity contribution >= 4 is 22.6 Å². The van der Waals surface area contributed by atoms with Gasteiger partial charge in [-0.15, -0.1) is 0 Å². The van der Waals surface area contributed by atoms with Crippen LogP contribution < -0.4 is 5.06 Å². The summed E-state index contributed by atoms with van der Waals surface area (Å²) in [5.41, 5.74) is 0.425. The molecule has 2 aromatic rings. The molecule has 1 amide bonds. The molecule has 0 N–H and O–H groups in total. The minimum Gasteiger partial charge on any atom is -0.271 e. The van der Waals surface area contributed by atoms with Gasteiger partial charge in [0.1, 0.15) is 0 Å². The van der Waals surface area contributed by atoms with E-state index in [-0.39, 0.29) is 5.91 Å². The molecule has 0 atom stereocenters. The van der Waals surface area contributed by atoms with Gasteiger partial charge in [-0.1, -0.05) is 30.3 Å². The number of nitrogens with zero attached hydrogens (tertiary/aromatic N) is 3. The molecule has 6 heteroatoms. The predicted molar refractivity (Wildman–Crippen MR) is 72.6 cm³/mol. The van der Waals surface area contributed by atoms with Crippen LogP contribution in [0.3, 0.4) is 0 Å². The molecule has 1 saturated heterocycles. The van der Waals surface area contributed by atoms with Crippen molar-refractivity contribution < 1.29 is 9.63 Å². The summed E-state index contributed by atoms with van der Waals surface area (Å²) in [5, 5.41) is 1.74. The summed E-state index contributed by atoms with van der Waals surface area (Å²) >= 11 is 1.17. The summed E-state index contributed by atoms with van der Waals surface area (Å²) in [7, 11) is 0. The molecule has 0 radical (unpaired) electrons. The summed E-state index contributed by atoms with van der Waals surface area (Å²) in [5.74, 6) is 0.532. The first-order chi connectivity index (χ1) is 9.08. The zero-order valence-electron chi connectivity index (χ0n) is 10.7. The van der Waals surface area contributed by atoms with Crippen molar-refractivity contribution in [1.29, 1.82) is 0 Å². The lowest BCUT2D eigenvalue weighted by atomic mass is 9.95. The topological polar surface area (TPSA) is 55.3 Å². The third kappa shape index (κ3) is 2.13. The van der Waals surface area contributed by atoms with Gasteiger partial charge >= 0.3 is 0 Å². The fourth-order valence-electron chi connectivity index (χ4n) is 1.77. The molecule has 0 bridgehead atoms. The largest absolute Gasteiger partial charge is 0.271 e. The maximum absolute atomic E-state index is 12.1. The highest BCUT2D eigenvalue weighted by atomic mass is 32.1. The van der Waals surface area contributed by atoms with E-state index >= 15 is 0 Å². The Balaban J connectivity index is 1.89. The number of carbonyl (C=O) groups excluding carboxylic acids is 1. The van der Waals surface area contributed by atoms with Crippen LogP contribution in [0, 0.1) is 5.41 Å². The van der Waals surface area contributed by atoms with E-state index in [9.17, 15) is 4.79 Å². The summed E-state index contributed by atoms with van der Waals surface area (Å²) in [6, 6.07) is 9.66. The zero-order chi connectivity index (χ0) is 13.5. The normalized spacial score (nSPS) is 18.0. The molecule has 0 spiro atoms. The Morgan fingerprint density at radius 2 is 2.05 bits per heavy atom. The number of hydrogen-bond acceptors (Lipinski definition) is 5. The van der Waals surface area contributed by atoms with Gasteiger partial charge in [-0.05, 0) is 13.8 Å². The molecule has 3 rings (SSSR count). The summed E-state index contributed by atoms with van der Waals surface area (Å²) in [4.78, 5) is 21.9. The van der Waals surface area contributed by atoms with Gasteiger partial charge in [0.2, 0.25) is 5.13 Å². The van der Waals surface area contributed by atoms with Crippen LogP contribution in [0.5, 0.6) is 0 Å². The molecule has 0 saturated carbocycles. The lowest BCUT2D eigenvalue weighted by Crippen LogP contribution is -2.30. The maximum Gasteiger partial charge on any atom is 0.261 e. The van der Waals surface area contributed by atoms with E-state index in [0.717, 1.165) is 5.56 Å². The van der Waals surface area contributed by atoms with Crippen LogP contribution in [0.2, 0.25) is 0 Å². The second-order valence-corrected chi connectivity index (χ2v) is 5.75.